The van der Waals surface area contributed by atoms with Gasteiger partial charge >= 0.3 is 6.18 Å². The van der Waals surface area contributed by atoms with Gasteiger partial charge in [-0.25, -0.2) is 9.67 Å². The molecule has 1 saturated heterocycles. The monoisotopic (exact) mass is 353 g/mol. The third-order valence-corrected chi connectivity index (χ3v) is 4.11. The molecule has 0 saturated carbocycles. The van der Waals surface area contributed by atoms with E-state index >= 15 is 0 Å². The van der Waals surface area contributed by atoms with Gasteiger partial charge in [-0.2, -0.15) is 13.2 Å². The molecule has 0 atom stereocenters. The lowest BCUT2D eigenvalue weighted by Gasteiger charge is -2.20. The normalized spacial score (nSPS) is 16.0. The first kappa shape index (κ1) is 17.4. The van der Waals surface area contributed by atoms with Crippen LogP contribution in [0.25, 0.3) is 0 Å². The Hall–Kier alpha value is -2.42. The highest BCUT2D eigenvalue weighted by molar-refractivity contribution is 5.90. The van der Waals surface area contributed by atoms with Crippen molar-refractivity contribution in [1.29, 1.82) is 0 Å². The molecule has 1 aliphatic heterocycles. The molecule has 1 aromatic heterocycles. The van der Waals surface area contributed by atoms with Crippen LogP contribution >= 0.6 is 0 Å². The third kappa shape index (κ3) is 4.56. The van der Waals surface area contributed by atoms with Gasteiger partial charge in [0.15, 0.2) is 0 Å². The zero-order valence-electron chi connectivity index (χ0n) is 13.4. The molecule has 1 aliphatic rings. The number of halogens is 3. The molecule has 2 aromatic rings. The fourth-order valence-electron chi connectivity index (χ4n) is 2.71. The summed E-state index contributed by atoms with van der Waals surface area (Å²) < 4.78 is 39.1. The van der Waals surface area contributed by atoms with Crippen LogP contribution in [0.5, 0.6) is 0 Å². The van der Waals surface area contributed by atoms with E-state index in [4.69, 9.17) is 0 Å². The minimum atomic E-state index is -4.35. The van der Waals surface area contributed by atoms with Gasteiger partial charge in [0.25, 0.3) is 0 Å². The van der Waals surface area contributed by atoms with Gasteiger partial charge in [0.1, 0.15) is 6.33 Å². The van der Waals surface area contributed by atoms with E-state index in [0.29, 0.717) is 5.56 Å². The Bertz CT molecular complexity index is 720. The summed E-state index contributed by atoms with van der Waals surface area (Å²) in [5.41, 5.74) is -0.0288. The van der Waals surface area contributed by atoms with Gasteiger partial charge in [0.2, 0.25) is 11.9 Å². The number of nitrogens with zero attached hydrogens (tertiary/aromatic N) is 3. The van der Waals surface area contributed by atoms with Crippen LogP contribution in [0.2, 0.25) is 0 Å². The second kappa shape index (κ2) is 7.22. The Morgan fingerprint density at radius 2 is 1.92 bits per heavy atom. The molecule has 1 amide bonds. The molecule has 0 radical (unpaired) electrons. The van der Waals surface area contributed by atoms with E-state index in [0.717, 1.165) is 38.1 Å². The van der Waals surface area contributed by atoms with Crippen molar-refractivity contribution in [2.75, 3.05) is 18.4 Å². The number of hydrogen-bond acceptors (Lipinski definition) is 4. The zero-order chi connectivity index (χ0) is 17.9. The maximum atomic E-state index is 12.6. The Kier molecular flexibility index (Phi) is 5.03. The minimum Gasteiger partial charge on any atom is -0.317 e. The lowest BCUT2D eigenvalue weighted by atomic mass is 9.97. The molecule has 2 N–H and O–H groups in total. The smallest absolute Gasteiger partial charge is 0.317 e. The van der Waals surface area contributed by atoms with Crippen LogP contribution < -0.4 is 10.6 Å². The Morgan fingerprint density at radius 1 is 1.24 bits per heavy atom. The van der Waals surface area contributed by atoms with Crippen LogP contribution in [0.15, 0.2) is 30.6 Å². The van der Waals surface area contributed by atoms with Gasteiger partial charge in [-0.15, -0.1) is 5.10 Å². The molecule has 2 heterocycles. The summed E-state index contributed by atoms with van der Waals surface area (Å²) >= 11 is 0. The first-order valence-corrected chi connectivity index (χ1v) is 7.99. The van der Waals surface area contributed by atoms with E-state index in [1.165, 1.54) is 23.1 Å². The van der Waals surface area contributed by atoms with Gasteiger partial charge < -0.3 is 5.32 Å². The average molecular weight is 353 g/mol. The van der Waals surface area contributed by atoms with E-state index in [1.54, 1.807) is 0 Å². The predicted octanol–water partition coefficient (Wildman–Crippen LogP) is 2.28. The van der Waals surface area contributed by atoms with Gasteiger partial charge in [-0.1, -0.05) is 12.1 Å². The molecule has 1 aromatic carbocycles. The van der Waals surface area contributed by atoms with Crippen molar-refractivity contribution in [2.24, 2.45) is 5.92 Å². The summed E-state index contributed by atoms with van der Waals surface area (Å²) in [4.78, 5) is 16.2. The Morgan fingerprint density at radius 3 is 2.56 bits per heavy atom. The number of aromatic nitrogens is 3. The lowest BCUT2D eigenvalue weighted by molar-refractivity contribution is -0.137. The van der Waals surface area contributed by atoms with Crippen LogP contribution in [0.4, 0.5) is 19.1 Å². The molecule has 6 nitrogen and oxygen atoms in total. The van der Waals surface area contributed by atoms with E-state index in [-0.39, 0.29) is 24.3 Å². The van der Waals surface area contributed by atoms with Crippen LogP contribution in [0.3, 0.4) is 0 Å². The van der Waals surface area contributed by atoms with Crippen molar-refractivity contribution in [1.82, 2.24) is 20.1 Å². The van der Waals surface area contributed by atoms with Crippen molar-refractivity contribution in [3.63, 3.8) is 0 Å². The molecule has 1 fully saturated rings. The van der Waals surface area contributed by atoms with Crippen molar-refractivity contribution >= 4 is 11.9 Å². The number of amides is 1. The second-order valence-corrected chi connectivity index (χ2v) is 5.97. The first-order valence-electron chi connectivity index (χ1n) is 7.99. The van der Waals surface area contributed by atoms with Crippen LogP contribution in [-0.4, -0.2) is 33.8 Å². The summed E-state index contributed by atoms with van der Waals surface area (Å²) in [6.45, 7) is 1.90. The SMILES string of the molecule is O=C(Nc1ncn(Cc2ccc(C(F)(F)F)cc2)n1)C1CCNCC1. The fraction of sp³-hybridized carbons (Fsp3) is 0.438. The maximum Gasteiger partial charge on any atom is 0.416 e. The van der Waals surface area contributed by atoms with E-state index < -0.39 is 11.7 Å². The van der Waals surface area contributed by atoms with Gasteiger partial charge in [0, 0.05) is 5.92 Å². The maximum absolute atomic E-state index is 12.6. The molecule has 25 heavy (non-hydrogen) atoms. The number of nitrogens with one attached hydrogen (secondary N) is 2. The summed E-state index contributed by atoms with van der Waals surface area (Å²) in [5.74, 6) is 0.0485. The number of piperidine rings is 1. The van der Waals surface area contributed by atoms with E-state index in [1.807, 2.05) is 0 Å². The molecular weight excluding hydrogens is 335 g/mol. The number of anilines is 1. The molecule has 0 spiro atoms. The molecule has 134 valence electrons. The molecule has 9 heteroatoms. The average Bonchev–Trinajstić information content (AvgIpc) is 3.02. The molecule has 0 aliphatic carbocycles. The van der Waals surface area contributed by atoms with Gasteiger partial charge in [-0.3, -0.25) is 10.1 Å². The predicted molar refractivity (Wildman–Crippen MR) is 84.8 cm³/mol. The summed E-state index contributed by atoms with van der Waals surface area (Å²) in [6.07, 6.45) is -1.36. The summed E-state index contributed by atoms with van der Waals surface area (Å²) in [5, 5.41) is 10.0. The van der Waals surface area contributed by atoms with E-state index in [9.17, 15) is 18.0 Å². The summed E-state index contributed by atoms with van der Waals surface area (Å²) in [7, 11) is 0. The molecule has 0 bridgehead atoms. The van der Waals surface area contributed by atoms with Crippen molar-refractivity contribution in [3.8, 4) is 0 Å². The number of carbonyl (C=O) groups is 1. The standard InChI is InChI=1S/C16H18F3N5O/c17-16(18,19)13-3-1-11(2-4-13)9-24-10-21-15(23-24)22-14(25)12-5-7-20-8-6-12/h1-4,10,12,20H,5-9H2,(H,22,23,25). The quantitative estimate of drug-likeness (QED) is 0.885. The van der Waals surface area contributed by atoms with Crippen LogP contribution in [0.1, 0.15) is 24.0 Å². The fourth-order valence-corrected chi connectivity index (χ4v) is 2.71. The summed E-state index contributed by atoms with van der Waals surface area (Å²) in [6, 6.07) is 4.87. The Balaban J connectivity index is 1.59. The number of rotatable bonds is 4. The van der Waals surface area contributed by atoms with Crippen LogP contribution in [0, 0.1) is 5.92 Å². The highest BCUT2D eigenvalue weighted by atomic mass is 19.4. The number of benzene rings is 1. The largest absolute Gasteiger partial charge is 0.416 e. The molecular formula is C16H18F3N5O. The zero-order valence-corrected chi connectivity index (χ0v) is 13.4. The second-order valence-electron chi connectivity index (χ2n) is 5.97. The van der Waals surface area contributed by atoms with Crippen molar-refractivity contribution in [2.45, 2.75) is 25.6 Å². The number of alkyl halides is 3. The van der Waals surface area contributed by atoms with Crippen molar-refractivity contribution < 1.29 is 18.0 Å². The number of carbonyl (C=O) groups excluding carboxylic acids is 1. The van der Waals surface area contributed by atoms with Gasteiger partial charge in [-0.05, 0) is 43.6 Å². The minimum absolute atomic E-state index is 0.0527. The van der Waals surface area contributed by atoms with Crippen molar-refractivity contribution in [3.05, 3.63) is 41.7 Å². The number of hydrogen-bond donors (Lipinski definition) is 2. The highest BCUT2D eigenvalue weighted by Crippen LogP contribution is 2.29. The molecule has 0 unspecified atom stereocenters. The third-order valence-electron chi connectivity index (χ3n) is 4.11. The van der Waals surface area contributed by atoms with E-state index in [2.05, 4.69) is 20.7 Å². The topological polar surface area (TPSA) is 71.8 Å². The first-order chi connectivity index (χ1) is 11.9. The van der Waals surface area contributed by atoms with Gasteiger partial charge in [0.05, 0.1) is 12.1 Å². The van der Waals surface area contributed by atoms with Crippen LogP contribution in [-0.2, 0) is 17.5 Å². The highest BCUT2D eigenvalue weighted by Gasteiger charge is 2.29. The lowest BCUT2D eigenvalue weighted by Crippen LogP contribution is -2.34. The molecule has 3 rings (SSSR count). The Labute approximate surface area is 142 Å².